The highest BCUT2D eigenvalue weighted by atomic mass is 127. The molecule has 1 aromatic heterocycles. The number of thiazole rings is 1. The number of carbonyl (C=O) groups is 1. The predicted molar refractivity (Wildman–Crippen MR) is 177 cm³/mol. The van der Waals surface area contributed by atoms with Crippen molar-refractivity contribution in [3.63, 3.8) is 0 Å². The molecule has 0 radical (unpaired) electrons. The van der Waals surface area contributed by atoms with Crippen LogP contribution in [0.25, 0.3) is 6.08 Å². The average Bonchev–Trinajstić information content (AvgIpc) is 3.27. The molecule has 0 unspecified atom stereocenters. The molecule has 9 heteroatoms. The number of aryl methyl sites for hydroxylation is 2. The Morgan fingerprint density at radius 3 is 2.30 bits per heavy atom. The molecule has 4 aromatic rings. The van der Waals surface area contributed by atoms with Gasteiger partial charge in [0.15, 0.2) is 16.3 Å². The van der Waals surface area contributed by atoms with Gasteiger partial charge < -0.3 is 14.2 Å². The van der Waals surface area contributed by atoms with Gasteiger partial charge >= 0.3 is 5.97 Å². The van der Waals surface area contributed by atoms with Crippen LogP contribution in [-0.2, 0) is 16.1 Å². The largest absolute Gasteiger partial charge is 0.490 e. The number of allylic oxidation sites excluding steroid dienone is 1. The van der Waals surface area contributed by atoms with Gasteiger partial charge in [-0.3, -0.25) is 9.36 Å². The fourth-order valence-corrected chi connectivity index (χ4v) is 6.75. The number of carbonyl (C=O) groups excluding carboxylic acids is 1. The number of halogens is 1. The summed E-state index contributed by atoms with van der Waals surface area (Å²) >= 11 is 3.53. The first-order valence-corrected chi connectivity index (χ1v) is 16.0. The van der Waals surface area contributed by atoms with Crippen LogP contribution in [0, 0.1) is 17.4 Å². The van der Waals surface area contributed by atoms with Gasteiger partial charge in [0.1, 0.15) is 6.61 Å². The van der Waals surface area contributed by atoms with Crippen LogP contribution < -0.4 is 24.4 Å². The minimum atomic E-state index is -0.644. The smallest absolute Gasteiger partial charge is 0.338 e. The van der Waals surface area contributed by atoms with Crippen molar-refractivity contribution in [3.05, 3.63) is 123 Å². The first-order valence-electron chi connectivity index (χ1n) is 14.1. The molecule has 1 aliphatic rings. The molecule has 0 bridgehead atoms. The zero-order valence-electron chi connectivity index (χ0n) is 24.8. The van der Waals surface area contributed by atoms with Gasteiger partial charge in [-0.15, -0.1) is 0 Å². The van der Waals surface area contributed by atoms with Gasteiger partial charge in [0.2, 0.25) is 0 Å². The number of rotatable bonds is 9. The molecule has 0 saturated carbocycles. The highest BCUT2D eigenvalue weighted by Gasteiger charge is 2.33. The second kappa shape index (κ2) is 13.3. The number of ether oxygens (including phenoxy) is 3. The molecule has 0 N–H and O–H groups in total. The van der Waals surface area contributed by atoms with Gasteiger partial charge in [0.05, 0.1) is 38.6 Å². The number of hydrogen-bond donors (Lipinski definition) is 0. The van der Waals surface area contributed by atoms with Crippen molar-refractivity contribution >= 4 is 46.0 Å². The Bertz CT molecular complexity index is 1870. The van der Waals surface area contributed by atoms with E-state index in [1.54, 1.807) is 18.4 Å². The predicted octanol–water partition coefficient (Wildman–Crippen LogP) is 6.00. The number of fused-ring (bicyclic) bond motifs is 1. The lowest BCUT2D eigenvalue weighted by atomic mass is 9.95. The van der Waals surface area contributed by atoms with Crippen LogP contribution in [0.2, 0.25) is 0 Å². The summed E-state index contributed by atoms with van der Waals surface area (Å²) < 4.78 is 20.5. The van der Waals surface area contributed by atoms with Crippen LogP contribution in [0.1, 0.15) is 54.6 Å². The lowest BCUT2D eigenvalue weighted by Gasteiger charge is -2.24. The van der Waals surface area contributed by atoms with E-state index in [9.17, 15) is 9.59 Å². The summed E-state index contributed by atoms with van der Waals surface area (Å²) in [7, 11) is 0. The van der Waals surface area contributed by atoms with Gasteiger partial charge in [-0.1, -0.05) is 71.0 Å². The summed E-state index contributed by atoms with van der Waals surface area (Å²) in [4.78, 5) is 32.3. The van der Waals surface area contributed by atoms with E-state index in [4.69, 9.17) is 14.2 Å². The number of aromatic nitrogens is 1. The van der Waals surface area contributed by atoms with Gasteiger partial charge in [0.25, 0.3) is 5.56 Å². The Hall–Kier alpha value is -3.70. The molecule has 222 valence electrons. The maximum absolute atomic E-state index is 14.0. The zero-order chi connectivity index (χ0) is 30.7. The third kappa shape index (κ3) is 6.62. The summed E-state index contributed by atoms with van der Waals surface area (Å²) in [5, 5.41) is 0. The fraction of sp³-hybridized carbons (Fsp3) is 0.265. The van der Waals surface area contributed by atoms with Crippen molar-refractivity contribution in [2.75, 3.05) is 13.2 Å². The fourth-order valence-electron chi connectivity index (χ4n) is 4.92. The molecule has 7 nitrogen and oxygen atoms in total. The monoisotopic (exact) mass is 708 g/mol. The van der Waals surface area contributed by atoms with Crippen LogP contribution in [0.5, 0.6) is 11.5 Å². The quantitative estimate of drug-likeness (QED) is 0.158. The van der Waals surface area contributed by atoms with E-state index in [0.29, 0.717) is 45.3 Å². The Morgan fingerprint density at radius 2 is 1.65 bits per heavy atom. The first-order chi connectivity index (χ1) is 20.7. The van der Waals surface area contributed by atoms with E-state index in [0.717, 1.165) is 25.8 Å². The lowest BCUT2D eigenvalue weighted by Crippen LogP contribution is -2.39. The van der Waals surface area contributed by atoms with E-state index in [1.807, 2.05) is 56.3 Å². The second-order valence-corrected chi connectivity index (χ2v) is 12.4. The van der Waals surface area contributed by atoms with Crippen molar-refractivity contribution in [1.29, 1.82) is 0 Å². The van der Waals surface area contributed by atoms with E-state index < -0.39 is 12.0 Å². The maximum Gasteiger partial charge on any atom is 0.338 e. The summed E-state index contributed by atoms with van der Waals surface area (Å²) in [5.74, 6) is 0.801. The summed E-state index contributed by atoms with van der Waals surface area (Å²) in [5.41, 5.74) is 5.65. The summed E-state index contributed by atoms with van der Waals surface area (Å²) in [6.45, 7) is 10.6. The summed E-state index contributed by atoms with van der Waals surface area (Å²) in [6, 6.07) is 19.3. The number of benzene rings is 3. The Labute approximate surface area is 268 Å². The molecule has 1 aliphatic heterocycles. The van der Waals surface area contributed by atoms with Gasteiger partial charge in [-0.25, -0.2) is 9.79 Å². The molecule has 5 rings (SSSR count). The number of esters is 1. The highest BCUT2D eigenvalue weighted by Crippen LogP contribution is 2.35. The standard InChI is InChI=1S/C34H33IN2O5S/c1-6-40-27-17-24(16-26(35)31(27)42-19-23-12-8-20(3)9-13-23)18-28-32(38)37-30(25-14-10-21(4)11-15-25)29(33(39)41-7-2)22(5)36-34(37)43-28/h8-18,30H,6-7,19H2,1-5H3/b28-18+/t30-/m1/s1. The van der Waals surface area contributed by atoms with Crippen molar-refractivity contribution in [3.8, 4) is 11.5 Å². The number of nitrogens with zero attached hydrogens (tertiary/aromatic N) is 2. The van der Waals surface area contributed by atoms with Crippen LogP contribution in [0.4, 0.5) is 0 Å². The molecule has 0 fully saturated rings. The Morgan fingerprint density at radius 1 is 0.977 bits per heavy atom. The normalized spacial score (nSPS) is 14.7. The van der Waals surface area contributed by atoms with E-state index >= 15 is 0 Å². The van der Waals surface area contributed by atoms with Crippen LogP contribution in [0.3, 0.4) is 0 Å². The Balaban J connectivity index is 1.58. The van der Waals surface area contributed by atoms with Crippen LogP contribution in [0.15, 0.2) is 81.7 Å². The summed E-state index contributed by atoms with van der Waals surface area (Å²) in [6.07, 6.45) is 1.84. The SMILES string of the molecule is CCOC(=O)C1=C(C)N=c2s/c(=C/c3cc(I)c(OCc4ccc(C)cc4)c(OCC)c3)c(=O)n2[C@@H]1c1ccc(C)cc1. The molecular formula is C34H33IN2O5S. The molecule has 0 saturated heterocycles. The maximum atomic E-state index is 14.0. The molecule has 0 aliphatic carbocycles. The topological polar surface area (TPSA) is 79.1 Å². The molecular weight excluding hydrogens is 675 g/mol. The van der Waals surface area contributed by atoms with Crippen molar-refractivity contribution < 1.29 is 19.0 Å². The minimum Gasteiger partial charge on any atom is -0.490 e. The molecule has 0 amide bonds. The van der Waals surface area contributed by atoms with E-state index in [-0.39, 0.29) is 12.2 Å². The van der Waals surface area contributed by atoms with Gasteiger partial charge in [0, 0.05) is 0 Å². The first kappa shape index (κ1) is 30.7. The average molecular weight is 709 g/mol. The van der Waals surface area contributed by atoms with Crippen molar-refractivity contribution in [2.24, 2.45) is 4.99 Å². The molecule has 3 aromatic carbocycles. The molecule has 2 heterocycles. The van der Waals surface area contributed by atoms with Crippen molar-refractivity contribution in [1.82, 2.24) is 4.57 Å². The lowest BCUT2D eigenvalue weighted by molar-refractivity contribution is -0.139. The number of hydrogen-bond acceptors (Lipinski definition) is 7. The minimum absolute atomic E-state index is 0.226. The molecule has 0 spiro atoms. The van der Waals surface area contributed by atoms with Crippen LogP contribution in [-0.4, -0.2) is 23.8 Å². The third-order valence-electron chi connectivity index (χ3n) is 7.04. The van der Waals surface area contributed by atoms with Crippen molar-refractivity contribution in [2.45, 2.75) is 47.3 Å². The molecule has 43 heavy (non-hydrogen) atoms. The highest BCUT2D eigenvalue weighted by molar-refractivity contribution is 14.1. The van der Waals surface area contributed by atoms with E-state index in [1.165, 1.54) is 16.9 Å². The van der Waals surface area contributed by atoms with E-state index in [2.05, 4.69) is 58.8 Å². The third-order valence-corrected chi connectivity index (χ3v) is 8.83. The van der Waals surface area contributed by atoms with Gasteiger partial charge in [-0.05, 0) is 92.1 Å². The van der Waals surface area contributed by atoms with Gasteiger partial charge in [-0.2, -0.15) is 0 Å². The zero-order valence-corrected chi connectivity index (χ0v) is 27.7. The Kier molecular flexibility index (Phi) is 9.51. The van der Waals surface area contributed by atoms with Crippen LogP contribution >= 0.6 is 33.9 Å². The second-order valence-electron chi connectivity index (χ2n) is 10.3. The molecule has 1 atom stereocenters.